The fourth-order valence-electron chi connectivity index (χ4n) is 2.57. The van der Waals surface area contributed by atoms with Crippen molar-refractivity contribution >= 4 is 17.7 Å². The van der Waals surface area contributed by atoms with E-state index in [4.69, 9.17) is 4.74 Å². The van der Waals surface area contributed by atoms with Gasteiger partial charge in [-0.1, -0.05) is 0 Å². The quantitative estimate of drug-likeness (QED) is 0.780. The number of likely N-dealkylation sites (N-methyl/N-ethyl adjacent to an activating group) is 1. The molecule has 1 aliphatic heterocycles. The van der Waals surface area contributed by atoms with Gasteiger partial charge < -0.3 is 25.2 Å². The molecular formula is C16H28N6O2. The van der Waals surface area contributed by atoms with Crippen LogP contribution < -0.4 is 10.6 Å². The number of hydrogen-bond acceptors (Lipinski definition) is 7. The number of hydrogen-bond donors (Lipinski definition) is 2. The van der Waals surface area contributed by atoms with Crippen molar-refractivity contribution in [3.8, 4) is 0 Å². The van der Waals surface area contributed by atoms with E-state index in [1.165, 1.54) is 0 Å². The van der Waals surface area contributed by atoms with Crippen LogP contribution in [0.15, 0.2) is 12.4 Å². The van der Waals surface area contributed by atoms with Gasteiger partial charge in [0.15, 0.2) is 0 Å². The van der Waals surface area contributed by atoms with Gasteiger partial charge in [-0.25, -0.2) is 14.8 Å². The Kier molecular flexibility index (Phi) is 7.05. The van der Waals surface area contributed by atoms with E-state index in [0.717, 1.165) is 37.6 Å². The average molecular weight is 336 g/mol. The lowest BCUT2D eigenvalue weighted by Gasteiger charge is -2.31. The molecule has 0 atom stereocenters. The Morgan fingerprint density at radius 3 is 2.71 bits per heavy atom. The Bertz CT molecular complexity index is 517. The number of nitrogens with zero attached hydrogens (tertiary/aromatic N) is 4. The lowest BCUT2D eigenvalue weighted by atomic mass is 10.1. The number of likely N-dealkylation sites (tertiary alicyclic amines) is 1. The molecule has 1 aliphatic rings. The lowest BCUT2D eigenvalue weighted by molar-refractivity contribution is 0.0983. The average Bonchev–Trinajstić information content (AvgIpc) is 2.56. The summed E-state index contributed by atoms with van der Waals surface area (Å²) in [5, 5.41) is 6.72. The van der Waals surface area contributed by atoms with E-state index in [9.17, 15) is 4.79 Å². The van der Waals surface area contributed by atoms with Gasteiger partial charge in [0.2, 0.25) is 0 Å². The summed E-state index contributed by atoms with van der Waals surface area (Å²) in [6.07, 6.45) is 3.11. The molecule has 24 heavy (non-hydrogen) atoms. The molecule has 0 spiro atoms. The summed E-state index contributed by atoms with van der Waals surface area (Å²) in [6, 6.07) is 2.23. The maximum Gasteiger partial charge on any atom is 0.409 e. The first kappa shape index (κ1) is 18.3. The molecule has 2 rings (SSSR count). The zero-order chi connectivity index (χ0) is 17.4. The van der Waals surface area contributed by atoms with Gasteiger partial charge in [0.25, 0.3) is 0 Å². The van der Waals surface area contributed by atoms with Gasteiger partial charge in [0, 0.05) is 38.3 Å². The summed E-state index contributed by atoms with van der Waals surface area (Å²) >= 11 is 0. The van der Waals surface area contributed by atoms with Crippen molar-refractivity contribution in [2.45, 2.75) is 25.8 Å². The van der Waals surface area contributed by atoms with Crippen LogP contribution in [-0.2, 0) is 4.74 Å². The van der Waals surface area contributed by atoms with Crippen molar-refractivity contribution < 1.29 is 9.53 Å². The monoisotopic (exact) mass is 336 g/mol. The molecule has 0 bridgehead atoms. The molecule has 8 heteroatoms. The number of amides is 1. The van der Waals surface area contributed by atoms with Gasteiger partial charge in [-0.05, 0) is 33.9 Å². The van der Waals surface area contributed by atoms with Crippen molar-refractivity contribution in [2.75, 3.05) is 57.5 Å². The summed E-state index contributed by atoms with van der Waals surface area (Å²) in [5.74, 6) is 1.63. The molecule has 0 aliphatic carbocycles. The van der Waals surface area contributed by atoms with Crippen molar-refractivity contribution in [1.82, 2.24) is 19.8 Å². The first-order valence-corrected chi connectivity index (χ1v) is 8.47. The number of carbonyl (C=O) groups is 1. The highest BCUT2D eigenvalue weighted by Crippen LogP contribution is 2.17. The van der Waals surface area contributed by atoms with Crippen molar-refractivity contribution in [3.05, 3.63) is 12.4 Å². The summed E-state index contributed by atoms with van der Waals surface area (Å²) in [7, 11) is 4.08. The number of carbonyl (C=O) groups excluding carboxylic acids is 1. The predicted octanol–water partition coefficient (Wildman–Crippen LogP) is 1.48. The van der Waals surface area contributed by atoms with Crippen molar-refractivity contribution in [2.24, 2.45) is 0 Å². The van der Waals surface area contributed by atoms with Gasteiger partial charge in [-0.3, -0.25) is 0 Å². The number of aromatic nitrogens is 2. The topological polar surface area (TPSA) is 82.6 Å². The molecule has 0 saturated carbocycles. The largest absolute Gasteiger partial charge is 0.450 e. The second kappa shape index (κ2) is 9.27. The van der Waals surface area contributed by atoms with Gasteiger partial charge in [0.1, 0.15) is 18.0 Å². The van der Waals surface area contributed by atoms with E-state index in [1.54, 1.807) is 11.2 Å². The van der Waals surface area contributed by atoms with Crippen LogP contribution in [0, 0.1) is 0 Å². The van der Waals surface area contributed by atoms with E-state index in [-0.39, 0.29) is 6.09 Å². The van der Waals surface area contributed by atoms with Crippen LogP contribution in [0.2, 0.25) is 0 Å². The van der Waals surface area contributed by atoms with Gasteiger partial charge in [-0.15, -0.1) is 0 Å². The van der Waals surface area contributed by atoms with Crippen LogP contribution in [0.25, 0.3) is 0 Å². The summed E-state index contributed by atoms with van der Waals surface area (Å²) in [4.78, 5) is 24.1. The molecule has 1 saturated heterocycles. The fourth-order valence-corrected chi connectivity index (χ4v) is 2.57. The Hall–Kier alpha value is -2.09. The molecule has 2 N–H and O–H groups in total. The number of ether oxygens (including phenoxy) is 1. The van der Waals surface area contributed by atoms with Crippen LogP contribution >= 0.6 is 0 Å². The van der Waals surface area contributed by atoms with Crippen molar-refractivity contribution in [1.29, 1.82) is 0 Å². The standard InChI is InChI=1S/C16H28N6O2/c1-4-24-16(23)22-8-5-13(6-9-22)20-15-11-14(18-12-19-15)17-7-10-21(2)3/h11-13H,4-10H2,1-3H3,(H2,17,18,19,20). The number of piperidine rings is 1. The number of anilines is 2. The van der Waals surface area contributed by atoms with E-state index >= 15 is 0 Å². The molecule has 1 amide bonds. The van der Waals surface area contributed by atoms with E-state index < -0.39 is 0 Å². The molecule has 1 fully saturated rings. The van der Waals surface area contributed by atoms with Gasteiger partial charge >= 0.3 is 6.09 Å². The Morgan fingerprint density at radius 2 is 2.04 bits per heavy atom. The molecule has 8 nitrogen and oxygen atoms in total. The Balaban J connectivity index is 1.79. The molecule has 1 aromatic heterocycles. The molecule has 0 aromatic carbocycles. The van der Waals surface area contributed by atoms with Gasteiger partial charge in [0.05, 0.1) is 6.61 Å². The lowest BCUT2D eigenvalue weighted by Crippen LogP contribution is -2.42. The minimum atomic E-state index is -0.217. The maximum atomic E-state index is 11.7. The van der Waals surface area contributed by atoms with Crippen LogP contribution in [0.5, 0.6) is 0 Å². The van der Waals surface area contributed by atoms with Crippen LogP contribution in [0.4, 0.5) is 16.4 Å². The fraction of sp³-hybridized carbons (Fsp3) is 0.688. The molecule has 0 unspecified atom stereocenters. The minimum absolute atomic E-state index is 0.217. The maximum absolute atomic E-state index is 11.7. The number of nitrogens with one attached hydrogen (secondary N) is 2. The SMILES string of the molecule is CCOC(=O)N1CCC(Nc2cc(NCCN(C)C)ncn2)CC1. The van der Waals surface area contributed by atoms with E-state index in [1.807, 2.05) is 27.1 Å². The molecule has 134 valence electrons. The van der Waals surface area contributed by atoms with E-state index in [2.05, 4.69) is 25.5 Å². The normalized spacial score (nSPS) is 15.4. The molecule has 0 radical (unpaired) electrons. The Morgan fingerprint density at radius 1 is 1.33 bits per heavy atom. The molecule has 1 aromatic rings. The first-order valence-electron chi connectivity index (χ1n) is 8.47. The third-order valence-electron chi connectivity index (χ3n) is 3.91. The highest BCUT2D eigenvalue weighted by Gasteiger charge is 2.23. The third kappa shape index (κ3) is 5.84. The number of rotatable bonds is 7. The zero-order valence-electron chi connectivity index (χ0n) is 14.8. The van der Waals surface area contributed by atoms with Crippen LogP contribution in [-0.4, -0.2) is 78.8 Å². The highest BCUT2D eigenvalue weighted by molar-refractivity contribution is 5.67. The summed E-state index contributed by atoms with van der Waals surface area (Å²) < 4.78 is 5.04. The minimum Gasteiger partial charge on any atom is -0.450 e. The zero-order valence-corrected chi connectivity index (χ0v) is 14.8. The summed E-state index contributed by atoms with van der Waals surface area (Å²) in [6.45, 7) is 5.43. The van der Waals surface area contributed by atoms with Crippen LogP contribution in [0.3, 0.4) is 0 Å². The second-order valence-corrected chi connectivity index (χ2v) is 6.12. The van der Waals surface area contributed by atoms with Crippen LogP contribution in [0.1, 0.15) is 19.8 Å². The van der Waals surface area contributed by atoms with Gasteiger partial charge in [-0.2, -0.15) is 0 Å². The molecule has 2 heterocycles. The Labute approximate surface area is 143 Å². The van der Waals surface area contributed by atoms with Crippen molar-refractivity contribution in [3.63, 3.8) is 0 Å². The third-order valence-corrected chi connectivity index (χ3v) is 3.91. The smallest absolute Gasteiger partial charge is 0.409 e. The highest BCUT2D eigenvalue weighted by atomic mass is 16.6. The first-order chi connectivity index (χ1) is 11.6. The predicted molar refractivity (Wildman–Crippen MR) is 94.3 cm³/mol. The van der Waals surface area contributed by atoms with E-state index in [0.29, 0.717) is 25.7 Å². The summed E-state index contributed by atoms with van der Waals surface area (Å²) in [5.41, 5.74) is 0. The second-order valence-electron chi connectivity index (χ2n) is 6.12. The molecular weight excluding hydrogens is 308 g/mol.